The van der Waals surface area contributed by atoms with Crippen LogP contribution in [0.4, 0.5) is 5.82 Å². The molecule has 1 aliphatic heterocycles. The molecule has 2 nitrogen and oxygen atoms in total. The van der Waals surface area contributed by atoms with E-state index < -0.39 is 0 Å². The van der Waals surface area contributed by atoms with E-state index in [2.05, 4.69) is 20.5 Å². The van der Waals surface area contributed by atoms with E-state index in [4.69, 9.17) is 0 Å². The quantitative estimate of drug-likeness (QED) is 0.684. The molecule has 0 aliphatic carbocycles. The lowest BCUT2D eigenvalue weighted by atomic mass is 10.5. The van der Waals surface area contributed by atoms with Crippen molar-refractivity contribution in [2.24, 2.45) is 0 Å². The number of anilines is 1. The summed E-state index contributed by atoms with van der Waals surface area (Å²) in [5.41, 5.74) is 0. The maximum Gasteiger partial charge on any atom is 0.143 e. The van der Waals surface area contributed by atoms with E-state index in [0.29, 0.717) is 0 Å². The molecular weight excluding hydrogens is 227 g/mol. The van der Waals surface area contributed by atoms with Crippen LogP contribution in [0.25, 0.3) is 0 Å². The summed E-state index contributed by atoms with van der Waals surface area (Å²) in [4.78, 5) is 4.14. The molecule has 2 heterocycles. The van der Waals surface area contributed by atoms with Gasteiger partial charge in [0.05, 0.1) is 3.57 Å². The van der Waals surface area contributed by atoms with Crippen molar-refractivity contribution < 1.29 is 0 Å². The fraction of sp³-hybridized carbons (Fsp3) is 0. The number of halogens is 1. The van der Waals surface area contributed by atoms with Gasteiger partial charge in [0.25, 0.3) is 0 Å². The fourth-order valence-electron chi connectivity index (χ4n) is 0.718. The minimum absolute atomic E-state index is 0.124. The molecule has 0 radical (unpaired) electrons. The molecule has 1 aliphatic rings. The zero-order valence-corrected chi connectivity index (χ0v) is 6.79. The van der Waals surface area contributed by atoms with E-state index >= 15 is 0 Å². The van der Waals surface area contributed by atoms with Crippen LogP contribution < -0.4 is 5.32 Å². The van der Waals surface area contributed by atoms with E-state index in [1.54, 1.807) is 0 Å². The van der Waals surface area contributed by atoms with E-state index in [-0.39, 0.29) is 20.7 Å². The lowest BCUT2D eigenvalue weighted by molar-refractivity contribution is 1.31. The first-order valence-electron chi connectivity index (χ1n) is 2.63. The molecular formula is C6H5IN2. The highest BCUT2D eigenvalue weighted by molar-refractivity contribution is 14.2. The zero-order chi connectivity index (χ0) is 6.10. The Morgan fingerprint density at radius 3 is 3.44 bits per heavy atom. The number of nitrogens with zero attached hydrogens (tertiary/aromatic N) is 1. The molecule has 0 saturated heterocycles. The molecule has 0 saturated carbocycles. The van der Waals surface area contributed by atoms with Crippen molar-refractivity contribution in [2.75, 3.05) is 5.32 Å². The Hall–Kier alpha value is -0.450. The number of pyridine rings is 1. The number of hydrogen-bond donors (Lipinski definition) is 1. The van der Waals surface area contributed by atoms with E-state index in [1.165, 1.54) is 3.57 Å². The molecule has 0 unspecified atom stereocenters. The molecule has 46 valence electrons. The lowest BCUT2D eigenvalue weighted by Gasteiger charge is -1.92. The molecule has 9 heavy (non-hydrogen) atoms. The molecule has 1 aromatic heterocycles. The SMILES string of the molecule is C1=Ic2cccnc2N1. The normalized spacial score (nSPS) is 13.8. The number of fused-ring (bicyclic) bond motifs is 1. The van der Waals surface area contributed by atoms with E-state index in [9.17, 15) is 0 Å². The number of rotatable bonds is 0. The largest absolute Gasteiger partial charge is 0.341 e. The summed E-state index contributed by atoms with van der Waals surface area (Å²) < 4.78 is 3.52. The summed E-state index contributed by atoms with van der Waals surface area (Å²) in [6, 6.07) is 4.12. The summed E-state index contributed by atoms with van der Waals surface area (Å²) in [6.07, 6.45) is 1.81. The van der Waals surface area contributed by atoms with Crippen molar-refractivity contribution in [1.29, 1.82) is 0 Å². The molecule has 0 spiro atoms. The second kappa shape index (κ2) is 2.06. The monoisotopic (exact) mass is 232 g/mol. The third-order valence-electron chi connectivity index (χ3n) is 1.12. The predicted molar refractivity (Wildman–Crippen MR) is 46.6 cm³/mol. The predicted octanol–water partition coefficient (Wildman–Crippen LogP) is 1.41. The van der Waals surface area contributed by atoms with Crippen LogP contribution in [0.15, 0.2) is 18.3 Å². The van der Waals surface area contributed by atoms with Gasteiger partial charge in [-0.3, -0.25) is 0 Å². The van der Waals surface area contributed by atoms with Crippen molar-refractivity contribution >= 4 is 30.7 Å². The second-order valence-electron chi connectivity index (χ2n) is 1.70. The maximum absolute atomic E-state index is 4.14. The topological polar surface area (TPSA) is 24.9 Å². The third-order valence-corrected chi connectivity index (χ3v) is 3.29. The number of aromatic nitrogens is 1. The standard InChI is InChI=1S/C6H5IN2/c1-2-5-6(8-3-1)9-4-7-5/h1-4H,(H,8,9). The minimum atomic E-state index is 0.124. The van der Waals surface area contributed by atoms with Crippen LogP contribution in [0.2, 0.25) is 0 Å². The van der Waals surface area contributed by atoms with Crippen molar-refractivity contribution in [3.05, 3.63) is 21.9 Å². The van der Waals surface area contributed by atoms with Gasteiger partial charge in [-0.2, -0.15) is 0 Å². The van der Waals surface area contributed by atoms with Gasteiger partial charge in [-0.1, -0.05) is 20.7 Å². The fourth-order valence-corrected chi connectivity index (χ4v) is 2.51. The summed E-state index contributed by atoms with van der Waals surface area (Å²) in [7, 11) is 0. The van der Waals surface area contributed by atoms with Crippen molar-refractivity contribution in [2.45, 2.75) is 0 Å². The Kier molecular flexibility index (Phi) is 1.22. The third kappa shape index (κ3) is 0.849. The number of nitrogens with one attached hydrogen (secondary N) is 1. The molecule has 0 amide bonds. The van der Waals surface area contributed by atoms with Crippen LogP contribution in [0, 0.1) is 3.57 Å². The smallest absolute Gasteiger partial charge is 0.143 e. The zero-order valence-electron chi connectivity index (χ0n) is 4.63. The van der Waals surface area contributed by atoms with E-state index in [1.807, 2.05) is 12.3 Å². The van der Waals surface area contributed by atoms with Gasteiger partial charge < -0.3 is 5.32 Å². The molecule has 0 fully saturated rings. The molecule has 2 rings (SSSR count). The Balaban J connectivity index is 2.63. The number of hydrogen-bond acceptors (Lipinski definition) is 2. The van der Waals surface area contributed by atoms with Crippen LogP contribution >= 0.6 is 20.7 Å². The molecule has 0 aromatic carbocycles. The highest BCUT2D eigenvalue weighted by atomic mass is 127. The minimum Gasteiger partial charge on any atom is -0.341 e. The van der Waals surface area contributed by atoms with Crippen LogP contribution in [0.5, 0.6) is 0 Å². The Morgan fingerprint density at radius 1 is 1.56 bits per heavy atom. The van der Waals surface area contributed by atoms with Crippen LogP contribution in [-0.4, -0.2) is 9.12 Å². The average Bonchev–Trinajstić information content (AvgIpc) is 2.33. The summed E-state index contributed by atoms with van der Waals surface area (Å²) in [5.74, 6) is 1.06. The molecule has 1 aromatic rings. The van der Waals surface area contributed by atoms with Gasteiger partial charge in [-0.15, -0.1) is 0 Å². The van der Waals surface area contributed by atoms with Crippen LogP contribution in [0.3, 0.4) is 0 Å². The summed E-state index contributed by atoms with van der Waals surface area (Å²) in [5, 5.41) is 3.11. The molecule has 0 bridgehead atoms. The first-order chi connectivity index (χ1) is 4.47. The summed E-state index contributed by atoms with van der Waals surface area (Å²) >= 11 is 0.124. The van der Waals surface area contributed by atoms with Crippen LogP contribution in [0.1, 0.15) is 0 Å². The van der Waals surface area contributed by atoms with Gasteiger partial charge in [-0.25, -0.2) is 4.98 Å². The van der Waals surface area contributed by atoms with E-state index in [0.717, 1.165) is 5.82 Å². The molecule has 0 atom stereocenters. The molecule has 3 heteroatoms. The Bertz CT molecular complexity index is 257. The van der Waals surface area contributed by atoms with Crippen molar-refractivity contribution in [3.63, 3.8) is 0 Å². The lowest BCUT2D eigenvalue weighted by Crippen LogP contribution is -1.90. The average molecular weight is 232 g/mol. The Labute approximate surface area is 63.1 Å². The van der Waals surface area contributed by atoms with Gasteiger partial charge in [-0.05, 0) is 12.1 Å². The highest BCUT2D eigenvalue weighted by Gasteiger charge is 2.02. The molecule has 1 N–H and O–H groups in total. The van der Waals surface area contributed by atoms with Crippen molar-refractivity contribution in [1.82, 2.24) is 4.98 Å². The maximum atomic E-state index is 4.14. The first-order valence-corrected chi connectivity index (χ1v) is 4.96. The van der Waals surface area contributed by atoms with Gasteiger partial charge in [0.1, 0.15) is 5.82 Å². The van der Waals surface area contributed by atoms with Crippen molar-refractivity contribution in [3.8, 4) is 0 Å². The summed E-state index contributed by atoms with van der Waals surface area (Å²) in [6.45, 7) is 0. The van der Waals surface area contributed by atoms with Gasteiger partial charge in [0, 0.05) is 10.3 Å². The van der Waals surface area contributed by atoms with Gasteiger partial charge in [0.2, 0.25) is 0 Å². The Morgan fingerprint density at radius 2 is 2.56 bits per heavy atom. The van der Waals surface area contributed by atoms with Gasteiger partial charge in [0.15, 0.2) is 0 Å². The first kappa shape index (κ1) is 5.34. The van der Waals surface area contributed by atoms with Gasteiger partial charge >= 0.3 is 0 Å². The highest BCUT2D eigenvalue weighted by Crippen LogP contribution is 2.22. The second-order valence-corrected chi connectivity index (χ2v) is 4.10. The van der Waals surface area contributed by atoms with Crippen LogP contribution in [-0.2, 0) is 0 Å².